The van der Waals surface area contributed by atoms with Gasteiger partial charge in [-0.05, 0) is 25.0 Å². The first-order chi connectivity index (χ1) is 14.2. The van der Waals surface area contributed by atoms with Gasteiger partial charge in [-0.25, -0.2) is 9.97 Å². The molecule has 0 radical (unpaired) electrons. The molecule has 0 bridgehead atoms. The number of hydrogen-bond donors (Lipinski definition) is 1. The Hall–Kier alpha value is -3.24. The van der Waals surface area contributed by atoms with E-state index in [9.17, 15) is 4.79 Å². The molecule has 2 aromatic heterocycles. The van der Waals surface area contributed by atoms with Gasteiger partial charge in [0.2, 0.25) is 5.91 Å². The zero-order valence-electron chi connectivity index (χ0n) is 15.9. The minimum atomic E-state index is 0.0110. The van der Waals surface area contributed by atoms with Gasteiger partial charge in [0.1, 0.15) is 16.9 Å². The summed E-state index contributed by atoms with van der Waals surface area (Å²) in [6.45, 7) is 2.03. The van der Waals surface area contributed by atoms with Gasteiger partial charge in [-0.2, -0.15) is 5.26 Å². The quantitative estimate of drug-likeness (QED) is 0.704. The van der Waals surface area contributed by atoms with Gasteiger partial charge in [-0.3, -0.25) is 4.79 Å². The van der Waals surface area contributed by atoms with E-state index < -0.39 is 0 Å². The van der Waals surface area contributed by atoms with Crippen LogP contribution in [-0.4, -0.2) is 29.0 Å². The molecule has 6 nitrogen and oxygen atoms in total. The van der Waals surface area contributed by atoms with Crippen LogP contribution in [0.1, 0.15) is 24.1 Å². The van der Waals surface area contributed by atoms with Gasteiger partial charge in [0.05, 0.1) is 17.8 Å². The number of rotatable bonds is 5. The van der Waals surface area contributed by atoms with E-state index in [-0.39, 0.29) is 11.8 Å². The predicted molar refractivity (Wildman–Crippen MR) is 113 cm³/mol. The minimum Gasteiger partial charge on any atom is -0.357 e. The summed E-state index contributed by atoms with van der Waals surface area (Å²) in [7, 11) is 0. The average molecular weight is 404 g/mol. The van der Waals surface area contributed by atoms with E-state index in [0.29, 0.717) is 12.1 Å². The number of pyridine rings is 1. The average Bonchev–Trinajstić information content (AvgIpc) is 3.27. The molecule has 0 saturated carbocycles. The Bertz CT molecular complexity index is 1000. The van der Waals surface area contributed by atoms with Crippen LogP contribution in [0.2, 0.25) is 0 Å². The summed E-state index contributed by atoms with van der Waals surface area (Å²) in [6.07, 6.45) is 3.17. The fourth-order valence-electron chi connectivity index (χ4n) is 3.43. The molecule has 0 unspecified atom stereocenters. The van der Waals surface area contributed by atoms with E-state index in [1.54, 1.807) is 23.6 Å². The maximum absolute atomic E-state index is 12.6. The van der Waals surface area contributed by atoms with Crippen LogP contribution in [-0.2, 0) is 11.3 Å². The van der Waals surface area contributed by atoms with Crippen LogP contribution >= 0.6 is 11.3 Å². The molecule has 1 fully saturated rings. The molecular formula is C22H21N5OS. The molecule has 7 heteroatoms. The molecule has 0 spiro atoms. The van der Waals surface area contributed by atoms with Gasteiger partial charge in [0.15, 0.2) is 0 Å². The standard InChI is InChI=1S/C22H21N5OS/c23-12-16-6-7-20(24-13-16)27-10-8-17(9-11-27)21(28)25-14-19-15-29-22(26-19)18-4-2-1-3-5-18/h1-7,13,15,17H,8-11,14H2,(H,25,28). The summed E-state index contributed by atoms with van der Waals surface area (Å²) in [4.78, 5) is 23.7. The number of benzene rings is 1. The number of carbonyl (C=O) groups is 1. The van der Waals surface area contributed by atoms with Crippen LogP contribution in [0.4, 0.5) is 5.82 Å². The van der Waals surface area contributed by atoms with Crippen LogP contribution < -0.4 is 10.2 Å². The molecule has 29 heavy (non-hydrogen) atoms. The van der Waals surface area contributed by atoms with E-state index in [0.717, 1.165) is 48.0 Å². The highest BCUT2D eigenvalue weighted by atomic mass is 32.1. The van der Waals surface area contributed by atoms with Crippen molar-refractivity contribution in [3.8, 4) is 16.6 Å². The Morgan fingerprint density at radius 1 is 1.21 bits per heavy atom. The van der Waals surface area contributed by atoms with Gasteiger partial charge < -0.3 is 10.2 Å². The molecule has 1 aromatic carbocycles. The number of hydrogen-bond acceptors (Lipinski definition) is 6. The second-order valence-electron chi connectivity index (χ2n) is 7.01. The molecule has 1 N–H and O–H groups in total. The lowest BCUT2D eigenvalue weighted by Crippen LogP contribution is -2.40. The summed E-state index contributed by atoms with van der Waals surface area (Å²) in [5.74, 6) is 0.960. The summed E-state index contributed by atoms with van der Waals surface area (Å²) >= 11 is 1.59. The molecule has 1 aliphatic heterocycles. The van der Waals surface area contributed by atoms with Crippen molar-refractivity contribution in [3.05, 3.63) is 65.3 Å². The molecule has 146 valence electrons. The largest absolute Gasteiger partial charge is 0.357 e. The van der Waals surface area contributed by atoms with Crippen LogP contribution in [0, 0.1) is 17.2 Å². The molecule has 0 atom stereocenters. The summed E-state index contributed by atoms with van der Waals surface area (Å²) in [5.41, 5.74) is 2.54. The normalized spacial score (nSPS) is 14.4. The van der Waals surface area contributed by atoms with Crippen molar-refractivity contribution in [2.45, 2.75) is 19.4 Å². The second kappa shape index (κ2) is 8.84. The van der Waals surface area contributed by atoms with Crippen molar-refractivity contribution in [2.24, 2.45) is 5.92 Å². The fraction of sp³-hybridized carbons (Fsp3) is 0.273. The highest BCUT2D eigenvalue weighted by molar-refractivity contribution is 7.13. The smallest absolute Gasteiger partial charge is 0.223 e. The third-order valence-corrected chi connectivity index (χ3v) is 6.02. The van der Waals surface area contributed by atoms with E-state index in [2.05, 4.69) is 26.3 Å². The molecule has 4 rings (SSSR count). The number of nitriles is 1. The van der Waals surface area contributed by atoms with E-state index in [4.69, 9.17) is 5.26 Å². The SMILES string of the molecule is N#Cc1ccc(N2CCC(C(=O)NCc3csc(-c4ccccc4)n3)CC2)nc1. The molecular weight excluding hydrogens is 382 g/mol. The lowest BCUT2D eigenvalue weighted by molar-refractivity contribution is -0.125. The zero-order valence-corrected chi connectivity index (χ0v) is 16.7. The number of thiazole rings is 1. The summed E-state index contributed by atoms with van der Waals surface area (Å²) < 4.78 is 0. The van der Waals surface area contributed by atoms with Crippen molar-refractivity contribution >= 4 is 23.1 Å². The monoisotopic (exact) mass is 403 g/mol. The number of aromatic nitrogens is 2. The third kappa shape index (κ3) is 4.61. The number of piperidine rings is 1. The van der Waals surface area contributed by atoms with Crippen molar-refractivity contribution in [1.29, 1.82) is 5.26 Å². The van der Waals surface area contributed by atoms with E-state index in [1.807, 2.05) is 41.8 Å². The third-order valence-electron chi connectivity index (χ3n) is 5.08. The number of anilines is 1. The molecule has 3 heterocycles. The Morgan fingerprint density at radius 3 is 2.69 bits per heavy atom. The van der Waals surface area contributed by atoms with E-state index in [1.165, 1.54) is 0 Å². The second-order valence-corrected chi connectivity index (χ2v) is 7.86. The highest BCUT2D eigenvalue weighted by Crippen LogP contribution is 2.24. The first kappa shape index (κ1) is 19.1. The summed E-state index contributed by atoms with van der Waals surface area (Å²) in [5, 5.41) is 14.9. The van der Waals surface area contributed by atoms with Gasteiger partial charge in [0, 0.05) is 36.1 Å². The molecule has 1 amide bonds. The maximum atomic E-state index is 12.6. The van der Waals surface area contributed by atoms with Gasteiger partial charge >= 0.3 is 0 Å². The fourth-order valence-corrected chi connectivity index (χ4v) is 4.26. The molecule has 1 aliphatic rings. The first-order valence-corrected chi connectivity index (χ1v) is 10.5. The van der Waals surface area contributed by atoms with Gasteiger partial charge in [0.25, 0.3) is 0 Å². The van der Waals surface area contributed by atoms with Crippen LogP contribution in [0.3, 0.4) is 0 Å². The van der Waals surface area contributed by atoms with Gasteiger partial charge in [-0.1, -0.05) is 30.3 Å². The first-order valence-electron chi connectivity index (χ1n) is 9.61. The number of amides is 1. The zero-order chi connectivity index (χ0) is 20.1. The topological polar surface area (TPSA) is 81.9 Å². The maximum Gasteiger partial charge on any atom is 0.223 e. The molecule has 3 aromatic rings. The predicted octanol–water partition coefficient (Wildman–Crippen LogP) is 3.61. The Kier molecular flexibility index (Phi) is 5.82. The number of carbonyl (C=O) groups excluding carboxylic acids is 1. The van der Waals surface area contributed by atoms with Gasteiger partial charge in [-0.15, -0.1) is 11.3 Å². The van der Waals surface area contributed by atoms with Crippen LogP contribution in [0.15, 0.2) is 54.0 Å². The van der Waals surface area contributed by atoms with Crippen molar-refractivity contribution in [2.75, 3.05) is 18.0 Å². The van der Waals surface area contributed by atoms with E-state index >= 15 is 0 Å². The van der Waals surface area contributed by atoms with Crippen LogP contribution in [0.25, 0.3) is 10.6 Å². The van der Waals surface area contributed by atoms with Crippen molar-refractivity contribution in [1.82, 2.24) is 15.3 Å². The van der Waals surface area contributed by atoms with Crippen molar-refractivity contribution in [3.63, 3.8) is 0 Å². The Morgan fingerprint density at radius 2 is 2.00 bits per heavy atom. The number of nitrogens with one attached hydrogen (secondary N) is 1. The highest BCUT2D eigenvalue weighted by Gasteiger charge is 2.25. The molecule has 0 aliphatic carbocycles. The van der Waals surface area contributed by atoms with Crippen molar-refractivity contribution < 1.29 is 4.79 Å². The minimum absolute atomic E-state index is 0.0110. The Balaban J connectivity index is 1.27. The number of nitrogens with zero attached hydrogens (tertiary/aromatic N) is 4. The summed E-state index contributed by atoms with van der Waals surface area (Å²) in [6, 6.07) is 15.8. The lowest BCUT2D eigenvalue weighted by atomic mass is 9.96. The van der Waals surface area contributed by atoms with Crippen LogP contribution in [0.5, 0.6) is 0 Å². The molecule has 1 saturated heterocycles. The lowest BCUT2D eigenvalue weighted by Gasteiger charge is -2.32. The Labute approximate surface area is 173 Å².